The number of carboxylic acids is 1. The van der Waals surface area contributed by atoms with Crippen molar-refractivity contribution in [3.8, 4) is 5.88 Å². The van der Waals surface area contributed by atoms with Gasteiger partial charge < -0.3 is 9.84 Å². The van der Waals surface area contributed by atoms with E-state index in [0.29, 0.717) is 5.88 Å². The minimum atomic E-state index is -3.88. The first-order chi connectivity index (χ1) is 9.92. The molecule has 0 bridgehead atoms. The molecule has 8 heteroatoms. The van der Waals surface area contributed by atoms with Gasteiger partial charge in [0.2, 0.25) is 5.88 Å². The molecule has 21 heavy (non-hydrogen) atoms. The van der Waals surface area contributed by atoms with E-state index >= 15 is 0 Å². The van der Waals surface area contributed by atoms with Gasteiger partial charge in [0.25, 0.3) is 10.0 Å². The molecule has 0 saturated carbocycles. The standard InChI is InChI=1S/C13H12N2O5S/c1-20-12-6-5-10(8-14-12)15-21(18,19)11-4-2-3-9(7-11)13(16)17/h2-8,15H,1H3,(H,16,17). The van der Waals surface area contributed by atoms with Crippen LogP contribution < -0.4 is 9.46 Å². The predicted octanol–water partition coefficient (Wildman–Crippen LogP) is 1.59. The summed E-state index contributed by atoms with van der Waals surface area (Å²) in [5.74, 6) is -0.844. The Hall–Kier alpha value is -2.61. The fourth-order valence-electron chi connectivity index (χ4n) is 1.57. The van der Waals surface area contributed by atoms with Crippen LogP contribution in [-0.4, -0.2) is 31.6 Å². The van der Waals surface area contributed by atoms with Crippen LogP contribution in [-0.2, 0) is 10.0 Å². The molecule has 7 nitrogen and oxygen atoms in total. The number of anilines is 1. The number of benzene rings is 1. The number of hydrogen-bond donors (Lipinski definition) is 2. The highest BCUT2D eigenvalue weighted by molar-refractivity contribution is 7.92. The first-order valence-electron chi connectivity index (χ1n) is 5.78. The highest BCUT2D eigenvalue weighted by atomic mass is 32.2. The summed E-state index contributed by atoms with van der Waals surface area (Å²) in [6.07, 6.45) is 1.30. The molecule has 0 aliphatic heterocycles. The molecule has 0 spiro atoms. The molecule has 0 atom stereocenters. The van der Waals surface area contributed by atoms with Crippen molar-refractivity contribution in [2.45, 2.75) is 4.90 Å². The van der Waals surface area contributed by atoms with Crippen LogP contribution in [0.3, 0.4) is 0 Å². The molecular weight excluding hydrogens is 296 g/mol. The van der Waals surface area contributed by atoms with E-state index < -0.39 is 16.0 Å². The van der Waals surface area contributed by atoms with Crippen LogP contribution in [0.2, 0.25) is 0 Å². The maximum Gasteiger partial charge on any atom is 0.335 e. The van der Waals surface area contributed by atoms with E-state index in [4.69, 9.17) is 9.84 Å². The zero-order valence-corrected chi connectivity index (χ0v) is 11.8. The van der Waals surface area contributed by atoms with Gasteiger partial charge in [0.05, 0.1) is 29.5 Å². The minimum absolute atomic E-state index is 0.106. The summed E-state index contributed by atoms with van der Waals surface area (Å²) in [6.45, 7) is 0. The number of hydrogen-bond acceptors (Lipinski definition) is 5. The van der Waals surface area contributed by atoms with Crippen molar-refractivity contribution in [3.63, 3.8) is 0 Å². The Balaban J connectivity index is 2.29. The van der Waals surface area contributed by atoms with Crippen LogP contribution in [0, 0.1) is 0 Å². The van der Waals surface area contributed by atoms with Crippen molar-refractivity contribution in [3.05, 3.63) is 48.2 Å². The fourth-order valence-corrected chi connectivity index (χ4v) is 2.66. The number of aromatic carboxylic acids is 1. The average Bonchev–Trinajstić information content (AvgIpc) is 2.48. The lowest BCUT2D eigenvalue weighted by atomic mass is 10.2. The largest absolute Gasteiger partial charge is 0.481 e. The first-order valence-corrected chi connectivity index (χ1v) is 7.27. The lowest BCUT2D eigenvalue weighted by Gasteiger charge is -2.08. The van der Waals surface area contributed by atoms with Crippen LogP contribution in [0.15, 0.2) is 47.5 Å². The van der Waals surface area contributed by atoms with Gasteiger partial charge in [-0.1, -0.05) is 6.07 Å². The van der Waals surface area contributed by atoms with E-state index in [1.807, 2.05) is 0 Å². The number of methoxy groups -OCH3 is 1. The number of pyridine rings is 1. The van der Waals surface area contributed by atoms with E-state index in [2.05, 4.69) is 9.71 Å². The Morgan fingerprint density at radius 2 is 2.05 bits per heavy atom. The Bertz CT molecular complexity index is 756. The monoisotopic (exact) mass is 308 g/mol. The number of carbonyl (C=O) groups is 1. The van der Waals surface area contributed by atoms with Gasteiger partial charge in [-0.3, -0.25) is 4.72 Å². The van der Waals surface area contributed by atoms with Crippen LogP contribution in [0.1, 0.15) is 10.4 Å². The Kier molecular flexibility index (Phi) is 4.08. The quantitative estimate of drug-likeness (QED) is 0.869. The Labute approximate surface area is 121 Å². The van der Waals surface area contributed by atoms with Gasteiger partial charge >= 0.3 is 5.97 Å². The zero-order chi connectivity index (χ0) is 15.5. The summed E-state index contributed by atoms with van der Waals surface area (Å²) in [5.41, 5.74) is 0.141. The maximum atomic E-state index is 12.2. The van der Waals surface area contributed by atoms with Gasteiger partial charge in [-0.25, -0.2) is 18.2 Å². The molecule has 0 saturated heterocycles. The molecule has 1 aromatic carbocycles. The van der Waals surface area contributed by atoms with Gasteiger partial charge in [-0.2, -0.15) is 0 Å². The summed E-state index contributed by atoms with van der Waals surface area (Å²) < 4.78 is 31.5. The molecule has 0 radical (unpaired) electrons. The molecule has 0 amide bonds. The normalized spacial score (nSPS) is 10.9. The SMILES string of the molecule is COc1ccc(NS(=O)(=O)c2cccc(C(=O)O)c2)cn1. The second-order valence-electron chi connectivity index (χ2n) is 4.03. The molecular formula is C13H12N2O5S. The number of rotatable bonds is 5. The lowest BCUT2D eigenvalue weighted by molar-refractivity contribution is 0.0696. The van der Waals surface area contributed by atoms with Crippen molar-refractivity contribution >= 4 is 21.7 Å². The molecule has 1 heterocycles. The molecule has 0 aliphatic carbocycles. The van der Waals surface area contributed by atoms with Gasteiger partial charge in [0.1, 0.15) is 0 Å². The van der Waals surface area contributed by atoms with Crippen molar-refractivity contribution in [1.29, 1.82) is 0 Å². The Morgan fingerprint density at radius 1 is 1.29 bits per heavy atom. The molecule has 110 valence electrons. The van der Waals surface area contributed by atoms with Crippen LogP contribution in [0.5, 0.6) is 5.88 Å². The van der Waals surface area contributed by atoms with Gasteiger partial charge in [0.15, 0.2) is 0 Å². The molecule has 2 aromatic rings. The highest BCUT2D eigenvalue weighted by Crippen LogP contribution is 2.18. The fraction of sp³-hybridized carbons (Fsp3) is 0.0769. The van der Waals surface area contributed by atoms with E-state index in [-0.39, 0.29) is 16.1 Å². The zero-order valence-electron chi connectivity index (χ0n) is 11.0. The lowest BCUT2D eigenvalue weighted by Crippen LogP contribution is -2.13. The third-order valence-electron chi connectivity index (χ3n) is 2.59. The Morgan fingerprint density at radius 3 is 2.62 bits per heavy atom. The van der Waals surface area contributed by atoms with Crippen LogP contribution in [0.4, 0.5) is 5.69 Å². The van der Waals surface area contributed by atoms with Crippen molar-refractivity contribution in [2.24, 2.45) is 0 Å². The number of ether oxygens (including phenoxy) is 1. The van der Waals surface area contributed by atoms with E-state index in [9.17, 15) is 13.2 Å². The molecule has 2 N–H and O–H groups in total. The van der Waals surface area contributed by atoms with Gasteiger partial charge in [0, 0.05) is 6.07 Å². The first kappa shape index (κ1) is 14.8. The molecule has 0 unspecified atom stereocenters. The van der Waals surface area contributed by atoms with Crippen molar-refractivity contribution in [1.82, 2.24) is 4.98 Å². The molecule has 1 aromatic heterocycles. The van der Waals surface area contributed by atoms with E-state index in [0.717, 1.165) is 6.07 Å². The van der Waals surface area contributed by atoms with E-state index in [1.54, 1.807) is 0 Å². The second kappa shape index (κ2) is 5.80. The van der Waals surface area contributed by atoms with Gasteiger partial charge in [-0.05, 0) is 24.3 Å². The number of aromatic nitrogens is 1. The molecule has 0 fully saturated rings. The van der Waals surface area contributed by atoms with Crippen molar-refractivity contribution in [2.75, 3.05) is 11.8 Å². The smallest absolute Gasteiger partial charge is 0.335 e. The van der Waals surface area contributed by atoms with Crippen LogP contribution >= 0.6 is 0 Å². The number of nitrogens with zero attached hydrogens (tertiary/aromatic N) is 1. The summed E-state index contributed by atoms with van der Waals surface area (Å²) in [7, 11) is -2.44. The maximum absolute atomic E-state index is 12.2. The number of sulfonamides is 1. The average molecular weight is 308 g/mol. The van der Waals surface area contributed by atoms with Crippen molar-refractivity contribution < 1.29 is 23.1 Å². The topological polar surface area (TPSA) is 106 Å². The summed E-state index contributed by atoms with van der Waals surface area (Å²) in [5, 5.41) is 8.88. The summed E-state index contributed by atoms with van der Waals surface area (Å²) in [6, 6.07) is 8.07. The van der Waals surface area contributed by atoms with Gasteiger partial charge in [-0.15, -0.1) is 0 Å². The summed E-state index contributed by atoms with van der Waals surface area (Å²) in [4.78, 5) is 14.6. The van der Waals surface area contributed by atoms with E-state index in [1.165, 1.54) is 43.6 Å². The number of carboxylic acid groups (broad SMARTS) is 1. The third kappa shape index (κ3) is 3.48. The second-order valence-corrected chi connectivity index (χ2v) is 5.71. The molecule has 2 rings (SSSR count). The predicted molar refractivity (Wildman–Crippen MR) is 75.0 cm³/mol. The summed E-state index contributed by atoms with van der Waals surface area (Å²) >= 11 is 0. The molecule has 0 aliphatic rings. The number of nitrogens with one attached hydrogen (secondary N) is 1. The minimum Gasteiger partial charge on any atom is -0.481 e. The highest BCUT2D eigenvalue weighted by Gasteiger charge is 2.16. The van der Waals surface area contributed by atoms with Crippen LogP contribution in [0.25, 0.3) is 0 Å². The third-order valence-corrected chi connectivity index (χ3v) is 3.97.